The van der Waals surface area contributed by atoms with Gasteiger partial charge in [-0.25, -0.2) is 4.98 Å². The fourth-order valence-electron chi connectivity index (χ4n) is 2.11. The van der Waals surface area contributed by atoms with Crippen molar-refractivity contribution < 1.29 is 9.52 Å². The Bertz CT molecular complexity index is 694. The SMILES string of the molecule is Oc1ccccc1/C=N/NC(=S)Nc1ncc(C2CCC2)o1. The van der Waals surface area contributed by atoms with E-state index in [1.807, 2.05) is 6.07 Å². The minimum Gasteiger partial charge on any atom is -0.507 e. The van der Waals surface area contributed by atoms with E-state index in [4.69, 9.17) is 16.6 Å². The fraction of sp³-hybridized carbons (Fsp3) is 0.267. The number of hydrazone groups is 1. The summed E-state index contributed by atoms with van der Waals surface area (Å²) in [6.45, 7) is 0. The van der Waals surface area contributed by atoms with Crippen LogP contribution in [0.25, 0.3) is 0 Å². The molecule has 1 heterocycles. The predicted molar refractivity (Wildman–Crippen MR) is 88.2 cm³/mol. The summed E-state index contributed by atoms with van der Waals surface area (Å²) in [5.74, 6) is 1.54. The van der Waals surface area contributed by atoms with Crippen LogP contribution in [-0.4, -0.2) is 21.4 Å². The summed E-state index contributed by atoms with van der Waals surface area (Å²) in [6.07, 6.45) is 6.78. The Hall–Kier alpha value is -2.41. The van der Waals surface area contributed by atoms with Crippen LogP contribution in [0.15, 0.2) is 40.0 Å². The maximum absolute atomic E-state index is 9.60. The zero-order valence-electron chi connectivity index (χ0n) is 11.8. The van der Waals surface area contributed by atoms with Gasteiger partial charge in [-0.3, -0.25) is 10.7 Å². The molecule has 0 radical (unpaired) electrons. The molecule has 1 fully saturated rings. The number of phenolic OH excluding ortho intramolecular Hbond substituents is 1. The summed E-state index contributed by atoms with van der Waals surface area (Å²) in [4.78, 5) is 4.14. The molecule has 0 spiro atoms. The third-order valence-corrected chi connectivity index (χ3v) is 3.75. The highest BCUT2D eigenvalue weighted by molar-refractivity contribution is 7.80. The van der Waals surface area contributed by atoms with Crippen LogP contribution >= 0.6 is 12.2 Å². The molecule has 0 unspecified atom stereocenters. The first-order chi connectivity index (χ1) is 10.7. The molecule has 6 nitrogen and oxygen atoms in total. The van der Waals surface area contributed by atoms with Crippen molar-refractivity contribution >= 4 is 29.6 Å². The molecule has 0 aliphatic heterocycles. The molecule has 3 N–H and O–H groups in total. The molecule has 1 aromatic heterocycles. The van der Waals surface area contributed by atoms with Crippen LogP contribution in [0.3, 0.4) is 0 Å². The molecular formula is C15H16N4O2S. The van der Waals surface area contributed by atoms with E-state index < -0.39 is 0 Å². The number of benzene rings is 1. The molecule has 1 saturated carbocycles. The van der Waals surface area contributed by atoms with Gasteiger partial charge in [0, 0.05) is 11.5 Å². The van der Waals surface area contributed by atoms with Crippen molar-refractivity contribution in [3.63, 3.8) is 0 Å². The number of hydrogen-bond acceptors (Lipinski definition) is 5. The van der Waals surface area contributed by atoms with Gasteiger partial charge in [0.15, 0.2) is 5.11 Å². The van der Waals surface area contributed by atoms with Crippen molar-refractivity contribution in [3.05, 3.63) is 41.8 Å². The van der Waals surface area contributed by atoms with E-state index in [2.05, 4.69) is 20.8 Å². The van der Waals surface area contributed by atoms with E-state index in [1.165, 1.54) is 12.6 Å². The summed E-state index contributed by atoms with van der Waals surface area (Å²) in [5, 5.41) is 16.7. The Morgan fingerprint density at radius 3 is 2.95 bits per heavy atom. The van der Waals surface area contributed by atoms with Crippen molar-refractivity contribution in [1.82, 2.24) is 10.4 Å². The van der Waals surface area contributed by atoms with Crippen LogP contribution in [0.4, 0.5) is 6.01 Å². The molecule has 0 amide bonds. The lowest BCUT2D eigenvalue weighted by molar-refractivity contribution is 0.351. The molecule has 114 valence electrons. The van der Waals surface area contributed by atoms with Crippen molar-refractivity contribution in [3.8, 4) is 5.75 Å². The molecule has 0 saturated heterocycles. The van der Waals surface area contributed by atoms with E-state index in [9.17, 15) is 5.11 Å². The summed E-state index contributed by atoms with van der Waals surface area (Å²) in [6, 6.07) is 7.25. The average molecular weight is 316 g/mol. The molecule has 0 bridgehead atoms. The zero-order chi connectivity index (χ0) is 15.4. The molecular weight excluding hydrogens is 300 g/mol. The van der Waals surface area contributed by atoms with Gasteiger partial charge < -0.3 is 9.52 Å². The van der Waals surface area contributed by atoms with Crippen LogP contribution in [0.2, 0.25) is 0 Å². The number of anilines is 1. The van der Waals surface area contributed by atoms with Gasteiger partial charge >= 0.3 is 6.01 Å². The summed E-state index contributed by atoms with van der Waals surface area (Å²) >= 11 is 5.10. The van der Waals surface area contributed by atoms with E-state index in [0.717, 1.165) is 18.6 Å². The smallest absolute Gasteiger partial charge is 0.301 e. The zero-order valence-corrected chi connectivity index (χ0v) is 12.6. The number of aromatic nitrogens is 1. The van der Waals surface area contributed by atoms with Crippen molar-refractivity contribution in [2.24, 2.45) is 5.10 Å². The number of aromatic hydroxyl groups is 1. The first-order valence-corrected chi connectivity index (χ1v) is 7.47. The monoisotopic (exact) mass is 316 g/mol. The Morgan fingerprint density at radius 1 is 1.41 bits per heavy atom. The molecule has 1 aliphatic carbocycles. The van der Waals surface area contributed by atoms with Crippen molar-refractivity contribution in [1.29, 1.82) is 0 Å². The van der Waals surface area contributed by atoms with Gasteiger partial charge in [0.2, 0.25) is 0 Å². The Morgan fingerprint density at radius 2 is 2.23 bits per heavy atom. The first-order valence-electron chi connectivity index (χ1n) is 7.06. The second kappa shape index (κ2) is 6.57. The predicted octanol–water partition coefficient (Wildman–Crippen LogP) is 2.97. The molecule has 1 aromatic carbocycles. The lowest BCUT2D eigenvalue weighted by Crippen LogP contribution is -2.24. The lowest BCUT2D eigenvalue weighted by Gasteiger charge is -2.22. The summed E-state index contributed by atoms with van der Waals surface area (Å²) in [7, 11) is 0. The van der Waals surface area contributed by atoms with Gasteiger partial charge in [0.25, 0.3) is 0 Å². The van der Waals surface area contributed by atoms with E-state index >= 15 is 0 Å². The second-order valence-electron chi connectivity index (χ2n) is 5.08. The number of para-hydroxylation sites is 1. The van der Waals surface area contributed by atoms with Crippen LogP contribution in [0, 0.1) is 0 Å². The van der Waals surface area contributed by atoms with Gasteiger partial charge in [-0.15, -0.1) is 0 Å². The molecule has 7 heteroatoms. The van der Waals surface area contributed by atoms with Gasteiger partial charge in [0.05, 0.1) is 12.4 Å². The van der Waals surface area contributed by atoms with Crippen LogP contribution in [0.1, 0.15) is 36.5 Å². The Labute approximate surface area is 133 Å². The van der Waals surface area contributed by atoms with Gasteiger partial charge in [-0.2, -0.15) is 5.10 Å². The van der Waals surface area contributed by atoms with Gasteiger partial charge in [-0.05, 0) is 37.2 Å². The van der Waals surface area contributed by atoms with Crippen LogP contribution < -0.4 is 10.7 Å². The molecule has 22 heavy (non-hydrogen) atoms. The first kappa shape index (κ1) is 14.5. The molecule has 3 rings (SSSR count). The van der Waals surface area contributed by atoms with Crippen molar-refractivity contribution in [2.75, 3.05) is 5.32 Å². The second-order valence-corrected chi connectivity index (χ2v) is 5.49. The summed E-state index contributed by atoms with van der Waals surface area (Å²) < 4.78 is 5.60. The minimum atomic E-state index is 0.157. The highest BCUT2D eigenvalue weighted by atomic mass is 32.1. The third kappa shape index (κ3) is 3.43. The highest BCUT2D eigenvalue weighted by Crippen LogP contribution is 2.37. The van der Waals surface area contributed by atoms with Crippen molar-refractivity contribution in [2.45, 2.75) is 25.2 Å². The quantitative estimate of drug-likeness (QED) is 0.457. The van der Waals surface area contributed by atoms with E-state index in [1.54, 1.807) is 24.4 Å². The number of rotatable bonds is 4. The Balaban J connectivity index is 1.52. The molecule has 0 atom stereocenters. The van der Waals surface area contributed by atoms with Gasteiger partial charge in [-0.1, -0.05) is 18.6 Å². The molecule has 2 aromatic rings. The highest BCUT2D eigenvalue weighted by Gasteiger charge is 2.23. The number of phenols is 1. The largest absolute Gasteiger partial charge is 0.507 e. The number of oxazole rings is 1. The van der Waals surface area contributed by atoms with E-state index in [-0.39, 0.29) is 10.9 Å². The minimum absolute atomic E-state index is 0.157. The maximum Gasteiger partial charge on any atom is 0.301 e. The normalized spacial score (nSPS) is 14.7. The average Bonchev–Trinajstić information content (AvgIpc) is 2.87. The van der Waals surface area contributed by atoms with Crippen LogP contribution in [0.5, 0.6) is 5.75 Å². The number of thiocarbonyl (C=S) groups is 1. The van der Waals surface area contributed by atoms with Gasteiger partial charge in [0.1, 0.15) is 11.5 Å². The third-order valence-electron chi connectivity index (χ3n) is 3.56. The number of nitrogens with one attached hydrogen (secondary N) is 2. The topological polar surface area (TPSA) is 82.7 Å². The van der Waals surface area contributed by atoms with E-state index in [0.29, 0.717) is 17.5 Å². The maximum atomic E-state index is 9.60. The lowest BCUT2D eigenvalue weighted by atomic mass is 9.84. The number of nitrogens with zero attached hydrogens (tertiary/aromatic N) is 2. The Kier molecular flexibility index (Phi) is 4.34. The fourth-order valence-corrected chi connectivity index (χ4v) is 2.25. The number of hydrogen-bond donors (Lipinski definition) is 3. The molecule has 1 aliphatic rings. The summed E-state index contributed by atoms with van der Waals surface area (Å²) in [5.41, 5.74) is 3.25. The standard InChI is InChI=1S/C15H16N4O2S/c20-12-7-2-1-4-11(12)8-17-19-15(22)18-14-16-9-13(21-14)10-5-3-6-10/h1-2,4,7-10,20H,3,5-6H2,(H2,16,18,19,22)/b17-8+. The van der Waals surface area contributed by atoms with Crippen LogP contribution in [-0.2, 0) is 0 Å².